The Morgan fingerprint density at radius 3 is 2.42 bits per heavy atom. The Kier molecular flexibility index (Phi) is 4.01. The highest BCUT2D eigenvalue weighted by Gasteiger charge is 2.12. The van der Waals surface area contributed by atoms with Crippen molar-refractivity contribution in [1.82, 2.24) is 9.97 Å². The van der Waals surface area contributed by atoms with E-state index < -0.39 is 0 Å². The van der Waals surface area contributed by atoms with Gasteiger partial charge in [-0.2, -0.15) is 0 Å². The average Bonchev–Trinajstić information content (AvgIpc) is 2.64. The minimum atomic E-state index is 0.620. The van der Waals surface area contributed by atoms with Crippen LogP contribution in [0, 0.1) is 13.8 Å². The first-order chi connectivity index (χ1) is 12.6. The van der Waals surface area contributed by atoms with Crippen LogP contribution in [0.4, 0.5) is 17.2 Å². The van der Waals surface area contributed by atoms with Crippen LogP contribution in [0.5, 0.6) is 0 Å². The number of nitrogens with zero attached hydrogens (tertiary/aromatic N) is 2. The third kappa shape index (κ3) is 2.97. The summed E-state index contributed by atoms with van der Waals surface area (Å²) >= 11 is 0. The van der Waals surface area contributed by atoms with Crippen molar-refractivity contribution in [2.75, 3.05) is 11.1 Å². The summed E-state index contributed by atoms with van der Waals surface area (Å²) in [6, 6.07) is 22.0. The third-order valence-corrected chi connectivity index (χ3v) is 4.44. The first kappa shape index (κ1) is 16.1. The molecular weight excluding hydrogens is 320 g/mol. The number of anilines is 3. The summed E-state index contributed by atoms with van der Waals surface area (Å²) in [7, 11) is 0. The van der Waals surface area contributed by atoms with Crippen molar-refractivity contribution in [2.45, 2.75) is 13.8 Å². The molecule has 0 fully saturated rings. The molecule has 3 N–H and O–H groups in total. The summed E-state index contributed by atoms with van der Waals surface area (Å²) in [6.07, 6.45) is 0. The van der Waals surface area contributed by atoms with Gasteiger partial charge in [0.15, 0.2) is 5.82 Å². The number of rotatable bonds is 3. The number of nitrogens with one attached hydrogen (secondary N) is 1. The van der Waals surface area contributed by atoms with Gasteiger partial charge in [0.25, 0.3) is 0 Å². The van der Waals surface area contributed by atoms with Gasteiger partial charge in [-0.3, -0.25) is 0 Å². The van der Waals surface area contributed by atoms with Gasteiger partial charge in [0, 0.05) is 22.3 Å². The van der Waals surface area contributed by atoms with E-state index in [2.05, 4.69) is 37.4 Å². The highest BCUT2D eigenvalue weighted by molar-refractivity contribution is 5.93. The molecule has 1 aromatic heterocycles. The Labute approximate surface area is 152 Å². The molecule has 0 saturated carbocycles. The van der Waals surface area contributed by atoms with Crippen LogP contribution in [-0.4, -0.2) is 9.97 Å². The first-order valence-electron chi connectivity index (χ1n) is 8.58. The van der Waals surface area contributed by atoms with Crippen LogP contribution in [0.1, 0.15) is 11.1 Å². The molecule has 0 spiro atoms. The molecule has 4 aromatic rings. The van der Waals surface area contributed by atoms with Gasteiger partial charge in [-0.25, -0.2) is 9.97 Å². The molecule has 0 bridgehead atoms. The number of benzene rings is 3. The number of fused-ring (bicyclic) bond motifs is 1. The Hall–Kier alpha value is -3.40. The number of nitrogens with two attached hydrogens (primary N) is 1. The third-order valence-electron chi connectivity index (χ3n) is 4.44. The van der Waals surface area contributed by atoms with E-state index in [-0.39, 0.29) is 0 Å². The zero-order valence-electron chi connectivity index (χ0n) is 14.8. The predicted octanol–water partition coefficient (Wildman–Crippen LogP) is 5.24. The smallest absolute Gasteiger partial charge is 0.164 e. The Morgan fingerprint density at radius 2 is 1.62 bits per heavy atom. The van der Waals surface area contributed by atoms with E-state index in [1.165, 1.54) is 11.1 Å². The van der Waals surface area contributed by atoms with Gasteiger partial charge in [-0.05, 0) is 49.7 Å². The Morgan fingerprint density at radius 1 is 0.846 bits per heavy atom. The summed E-state index contributed by atoms with van der Waals surface area (Å²) in [6.45, 7) is 4.18. The topological polar surface area (TPSA) is 63.8 Å². The second kappa shape index (κ2) is 6.48. The van der Waals surface area contributed by atoms with Crippen LogP contribution in [0.2, 0.25) is 0 Å². The molecule has 3 aromatic carbocycles. The van der Waals surface area contributed by atoms with Crippen molar-refractivity contribution >= 4 is 28.1 Å². The molecule has 26 heavy (non-hydrogen) atoms. The van der Waals surface area contributed by atoms with Crippen molar-refractivity contribution < 1.29 is 0 Å². The van der Waals surface area contributed by atoms with Gasteiger partial charge in [0.2, 0.25) is 0 Å². The lowest BCUT2D eigenvalue weighted by atomic mass is 10.1. The largest absolute Gasteiger partial charge is 0.398 e. The Balaban J connectivity index is 1.89. The normalized spacial score (nSPS) is 10.8. The standard InChI is InChI=1S/C22H20N4/c1-14-11-12-19(15(2)13-14)24-22-17-8-4-6-10-20(17)25-21(26-22)16-7-3-5-9-18(16)23/h3-13H,23H2,1-2H3,(H,24,25,26). The number of hydrogen-bond acceptors (Lipinski definition) is 4. The summed E-state index contributed by atoms with van der Waals surface area (Å²) in [5, 5.41) is 4.46. The minimum absolute atomic E-state index is 0.620. The van der Waals surface area contributed by atoms with E-state index in [4.69, 9.17) is 15.7 Å². The van der Waals surface area contributed by atoms with Gasteiger partial charge < -0.3 is 11.1 Å². The SMILES string of the molecule is Cc1ccc(Nc2nc(-c3ccccc3N)nc3ccccc23)c(C)c1. The van der Waals surface area contributed by atoms with Crippen LogP contribution < -0.4 is 11.1 Å². The zero-order chi connectivity index (χ0) is 18.1. The number of para-hydroxylation sites is 2. The van der Waals surface area contributed by atoms with Crippen LogP contribution in [0.15, 0.2) is 66.7 Å². The van der Waals surface area contributed by atoms with E-state index in [1.807, 2.05) is 48.5 Å². The number of hydrogen-bond donors (Lipinski definition) is 2. The maximum Gasteiger partial charge on any atom is 0.164 e. The van der Waals surface area contributed by atoms with Crippen molar-refractivity contribution in [1.29, 1.82) is 0 Å². The number of nitrogen functional groups attached to an aromatic ring is 1. The van der Waals surface area contributed by atoms with Gasteiger partial charge in [0.1, 0.15) is 5.82 Å². The van der Waals surface area contributed by atoms with E-state index in [1.54, 1.807) is 0 Å². The summed E-state index contributed by atoms with van der Waals surface area (Å²) in [5.41, 5.74) is 12.0. The van der Waals surface area contributed by atoms with Crippen molar-refractivity contribution in [2.24, 2.45) is 0 Å². The van der Waals surface area contributed by atoms with Gasteiger partial charge >= 0.3 is 0 Å². The van der Waals surface area contributed by atoms with Crippen LogP contribution >= 0.6 is 0 Å². The molecule has 0 aliphatic heterocycles. The van der Waals surface area contributed by atoms with Gasteiger partial charge in [-0.1, -0.05) is 42.0 Å². The van der Waals surface area contributed by atoms with E-state index in [0.717, 1.165) is 28.0 Å². The lowest BCUT2D eigenvalue weighted by Crippen LogP contribution is -2.02. The molecule has 4 heteroatoms. The Bertz CT molecular complexity index is 1100. The molecule has 0 aliphatic carbocycles. The number of aryl methyl sites for hydroxylation is 2. The highest BCUT2D eigenvalue weighted by atomic mass is 15.0. The first-order valence-corrected chi connectivity index (χ1v) is 8.58. The predicted molar refractivity (Wildman–Crippen MR) is 109 cm³/mol. The molecule has 4 nitrogen and oxygen atoms in total. The lowest BCUT2D eigenvalue weighted by molar-refractivity contribution is 1.22. The lowest BCUT2D eigenvalue weighted by Gasteiger charge is -2.14. The molecule has 128 valence electrons. The summed E-state index contributed by atoms with van der Waals surface area (Å²) in [4.78, 5) is 9.50. The van der Waals surface area contributed by atoms with Crippen LogP contribution in [-0.2, 0) is 0 Å². The van der Waals surface area contributed by atoms with Gasteiger partial charge in [-0.15, -0.1) is 0 Å². The molecular formula is C22H20N4. The van der Waals surface area contributed by atoms with E-state index >= 15 is 0 Å². The molecule has 0 unspecified atom stereocenters. The molecule has 0 radical (unpaired) electrons. The number of aromatic nitrogens is 2. The fourth-order valence-electron chi connectivity index (χ4n) is 3.07. The average molecular weight is 340 g/mol. The quantitative estimate of drug-likeness (QED) is 0.501. The monoisotopic (exact) mass is 340 g/mol. The fraction of sp³-hybridized carbons (Fsp3) is 0.0909. The van der Waals surface area contributed by atoms with Crippen molar-refractivity contribution in [3.63, 3.8) is 0 Å². The van der Waals surface area contributed by atoms with Gasteiger partial charge in [0.05, 0.1) is 5.52 Å². The zero-order valence-corrected chi connectivity index (χ0v) is 14.8. The molecule has 0 aliphatic rings. The van der Waals surface area contributed by atoms with E-state index in [9.17, 15) is 0 Å². The maximum absolute atomic E-state index is 6.14. The van der Waals surface area contributed by atoms with Crippen molar-refractivity contribution in [3.05, 3.63) is 77.9 Å². The second-order valence-corrected chi connectivity index (χ2v) is 6.44. The molecule has 0 atom stereocenters. The maximum atomic E-state index is 6.14. The second-order valence-electron chi connectivity index (χ2n) is 6.44. The minimum Gasteiger partial charge on any atom is -0.398 e. The van der Waals surface area contributed by atoms with E-state index in [0.29, 0.717) is 11.5 Å². The molecule has 1 heterocycles. The van der Waals surface area contributed by atoms with Crippen LogP contribution in [0.25, 0.3) is 22.3 Å². The molecule has 0 saturated heterocycles. The summed E-state index contributed by atoms with van der Waals surface area (Å²) < 4.78 is 0. The highest BCUT2D eigenvalue weighted by Crippen LogP contribution is 2.30. The molecule has 0 amide bonds. The van der Waals surface area contributed by atoms with Crippen LogP contribution in [0.3, 0.4) is 0 Å². The van der Waals surface area contributed by atoms with Crippen molar-refractivity contribution in [3.8, 4) is 11.4 Å². The fourth-order valence-corrected chi connectivity index (χ4v) is 3.07. The molecule has 4 rings (SSSR count). The summed E-state index contributed by atoms with van der Waals surface area (Å²) in [5.74, 6) is 1.40.